The van der Waals surface area contributed by atoms with Crippen LogP contribution in [0.1, 0.15) is 36.7 Å². The second kappa shape index (κ2) is 7.63. The molecule has 6 nitrogen and oxygen atoms in total. The van der Waals surface area contributed by atoms with Crippen LogP contribution in [0, 0.1) is 6.92 Å². The van der Waals surface area contributed by atoms with Crippen LogP contribution in [0.25, 0.3) is 0 Å². The summed E-state index contributed by atoms with van der Waals surface area (Å²) in [5.41, 5.74) is 1.05. The van der Waals surface area contributed by atoms with Gasteiger partial charge in [0, 0.05) is 31.7 Å². The summed E-state index contributed by atoms with van der Waals surface area (Å²) in [6, 6.07) is 4.90. The first-order chi connectivity index (χ1) is 11.3. The normalized spacial score (nSPS) is 18.9. The Morgan fingerprint density at radius 3 is 2.58 bits per heavy atom. The maximum Gasteiger partial charge on any atom is 0.254 e. The molecule has 1 amide bonds. The zero-order chi connectivity index (χ0) is 17.9. The highest BCUT2D eigenvalue weighted by molar-refractivity contribution is 7.89. The molecule has 1 saturated heterocycles. The second-order valence-corrected chi connectivity index (χ2v) is 7.91. The smallest absolute Gasteiger partial charge is 0.254 e. The Bertz CT molecular complexity index is 699. The zero-order valence-corrected chi connectivity index (χ0v) is 15.6. The van der Waals surface area contributed by atoms with Gasteiger partial charge in [-0.2, -0.15) is 4.31 Å². The van der Waals surface area contributed by atoms with Crippen LogP contribution >= 0.6 is 0 Å². The van der Waals surface area contributed by atoms with E-state index in [-0.39, 0.29) is 16.9 Å². The van der Waals surface area contributed by atoms with Gasteiger partial charge in [0.2, 0.25) is 10.0 Å². The predicted molar refractivity (Wildman–Crippen MR) is 92.6 cm³/mol. The highest BCUT2D eigenvalue weighted by Crippen LogP contribution is 2.22. The molecule has 0 saturated carbocycles. The summed E-state index contributed by atoms with van der Waals surface area (Å²) in [6.07, 6.45) is -0.00738. The molecule has 2 rings (SSSR count). The third kappa shape index (κ3) is 3.79. The van der Waals surface area contributed by atoms with E-state index in [2.05, 4.69) is 0 Å². The average molecular weight is 354 g/mol. The second-order valence-electron chi connectivity index (χ2n) is 6.00. The van der Waals surface area contributed by atoms with Crippen molar-refractivity contribution in [3.63, 3.8) is 0 Å². The minimum atomic E-state index is -3.59. The zero-order valence-electron chi connectivity index (χ0n) is 14.8. The summed E-state index contributed by atoms with van der Waals surface area (Å²) in [5.74, 6) is -0.152. The van der Waals surface area contributed by atoms with Crippen molar-refractivity contribution in [3.8, 4) is 0 Å². The summed E-state index contributed by atoms with van der Waals surface area (Å²) in [6.45, 7) is 9.63. The molecule has 0 aliphatic carbocycles. The van der Waals surface area contributed by atoms with Gasteiger partial charge in [-0.1, -0.05) is 19.9 Å². The topological polar surface area (TPSA) is 66.9 Å². The number of amides is 1. The molecule has 1 aromatic carbocycles. The van der Waals surface area contributed by atoms with E-state index in [4.69, 9.17) is 4.74 Å². The largest absolute Gasteiger partial charge is 0.375 e. The molecular formula is C17H26N2O4S. The van der Waals surface area contributed by atoms with E-state index >= 15 is 0 Å². The van der Waals surface area contributed by atoms with Gasteiger partial charge >= 0.3 is 0 Å². The van der Waals surface area contributed by atoms with Crippen molar-refractivity contribution >= 4 is 15.9 Å². The number of rotatable bonds is 5. The number of carbonyl (C=O) groups excluding carboxylic acids is 1. The van der Waals surface area contributed by atoms with Crippen LogP contribution in [0.15, 0.2) is 23.1 Å². The van der Waals surface area contributed by atoms with E-state index in [0.717, 1.165) is 0 Å². The van der Waals surface area contributed by atoms with Gasteiger partial charge in [-0.05, 0) is 31.5 Å². The van der Waals surface area contributed by atoms with Gasteiger partial charge < -0.3 is 9.64 Å². The quantitative estimate of drug-likeness (QED) is 0.810. The molecule has 1 aliphatic heterocycles. The number of carbonyl (C=O) groups is 1. The van der Waals surface area contributed by atoms with Crippen LogP contribution in [0.4, 0.5) is 0 Å². The minimum Gasteiger partial charge on any atom is -0.375 e. The van der Waals surface area contributed by atoms with Crippen molar-refractivity contribution in [2.75, 3.05) is 32.8 Å². The minimum absolute atomic E-state index is 0.00738. The van der Waals surface area contributed by atoms with E-state index in [1.807, 2.05) is 6.92 Å². The number of hydrogen-bond acceptors (Lipinski definition) is 4. The summed E-state index contributed by atoms with van der Waals surface area (Å²) in [5, 5.41) is 0. The van der Waals surface area contributed by atoms with Gasteiger partial charge in [-0.25, -0.2) is 8.42 Å². The first kappa shape index (κ1) is 18.9. The Balaban J connectivity index is 2.36. The van der Waals surface area contributed by atoms with Crippen LogP contribution in [0.2, 0.25) is 0 Å². The molecule has 1 unspecified atom stereocenters. The third-order valence-electron chi connectivity index (χ3n) is 4.29. The van der Waals surface area contributed by atoms with Gasteiger partial charge in [0.05, 0.1) is 17.6 Å². The number of morpholine rings is 1. The molecule has 24 heavy (non-hydrogen) atoms. The van der Waals surface area contributed by atoms with Gasteiger partial charge in [0.15, 0.2) is 0 Å². The molecule has 0 radical (unpaired) electrons. The lowest BCUT2D eigenvalue weighted by molar-refractivity contribution is -0.0124. The van der Waals surface area contributed by atoms with Crippen molar-refractivity contribution < 1.29 is 17.9 Å². The fourth-order valence-corrected chi connectivity index (χ4v) is 4.61. The monoisotopic (exact) mass is 354 g/mol. The van der Waals surface area contributed by atoms with Crippen molar-refractivity contribution in [3.05, 3.63) is 29.3 Å². The van der Waals surface area contributed by atoms with E-state index in [1.165, 1.54) is 10.4 Å². The van der Waals surface area contributed by atoms with Gasteiger partial charge in [-0.3, -0.25) is 4.79 Å². The summed E-state index contributed by atoms with van der Waals surface area (Å²) in [4.78, 5) is 14.6. The van der Waals surface area contributed by atoms with Crippen molar-refractivity contribution in [2.45, 2.75) is 38.7 Å². The Kier molecular flexibility index (Phi) is 6.01. The first-order valence-electron chi connectivity index (χ1n) is 8.32. The Morgan fingerprint density at radius 1 is 1.33 bits per heavy atom. The summed E-state index contributed by atoms with van der Waals surface area (Å²) in [7, 11) is -3.59. The lowest BCUT2D eigenvalue weighted by Crippen LogP contribution is -2.44. The van der Waals surface area contributed by atoms with Gasteiger partial charge in [-0.15, -0.1) is 0 Å². The van der Waals surface area contributed by atoms with E-state index in [1.54, 1.807) is 37.8 Å². The summed E-state index contributed by atoms with van der Waals surface area (Å²) >= 11 is 0. The number of ether oxygens (including phenoxy) is 1. The maximum atomic E-state index is 12.8. The predicted octanol–water partition coefficient (Wildman–Crippen LogP) is 1.89. The van der Waals surface area contributed by atoms with Crippen molar-refractivity contribution in [2.24, 2.45) is 0 Å². The summed E-state index contributed by atoms with van der Waals surface area (Å²) < 4.78 is 32.5. The molecule has 1 atom stereocenters. The van der Waals surface area contributed by atoms with Gasteiger partial charge in [0.25, 0.3) is 5.91 Å². The van der Waals surface area contributed by atoms with Crippen molar-refractivity contribution in [1.82, 2.24) is 9.21 Å². The molecule has 134 valence electrons. The number of hydrogen-bond donors (Lipinski definition) is 0. The van der Waals surface area contributed by atoms with Crippen LogP contribution in [0.5, 0.6) is 0 Å². The molecule has 0 bridgehead atoms. The highest BCUT2D eigenvalue weighted by atomic mass is 32.2. The van der Waals surface area contributed by atoms with E-state index < -0.39 is 10.0 Å². The number of aryl methyl sites for hydroxylation is 1. The lowest BCUT2D eigenvalue weighted by Gasteiger charge is -2.31. The molecule has 1 fully saturated rings. The molecule has 1 heterocycles. The number of benzene rings is 1. The number of nitrogens with zero attached hydrogens (tertiary/aromatic N) is 2. The van der Waals surface area contributed by atoms with Crippen molar-refractivity contribution in [1.29, 1.82) is 0 Å². The number of sulfonamides is 1. The Labute approximate surface area is 144 Å². The molecule has 0 spiro atoms. The molecule has 0 N–H and O–H groups in total. The fraction of sp³-hybridized carbons (Fsp3) is 0.588. The maximum absolute atomic E-state index is 12.8. The van der Waals surface area contributed by atoms with E-state index in [9.17, 15) is 13.2 Å². The molecule has 1 aromatic rings. The molecule has 1 aliphatic rings. The Hall–Kier alpha value is -1.44. The first-order valence-corrected chi connectivity index (χ1v) is 9.76. The van der Waals surface area contributed by atoms with Crippen LogP contribution in [-0.4, -0.2) is 62.4 Å². The standard InChI is InChI=1S/C17H26N2O4S/c1-5-19(6-2)24(21,22)16-11-15(8-7-13(16)3)17(20)18-9-10-23-14(4)12-18/h7-8,11,14H,5-6,9-10,12H2,1-4H3. The van der Waals surface area contributed by atoms with Gasteiger partial charge in [0.1, 0.15) is 0 Å². The molecule has 0 aromatic heterocycles. The lowest BCUT2D eigenvalue weighted by atomic mass is 10.1. The SMILES string of the molecule is CCN(CC)S(=O)(=O)c1cc(C(=O)N2CCOC(C)C2)ccc1C. The van der Waals surface area contributed by atoms with E-state index in [0.29, 0.717) is 43.9 Å². The average Bonchev–Trinajstić information content (AvgIpc) is 2.55. The third-order valence-corrected chi connectivity index (χ3v) is 6.48. The molecular weight excluding hydrogens is 328 g/mol. The van der Waals surface area contributed by atoms with Crippen LogP contribution < -0.4 is 0 Å². The van der Waals surface area contributed by atoms with Crippen LogP contribution in [0.3, 0.4) is 0 Å². The van der Waals surface area contributed by atoms with Crippen LogP contribution in [-0.2, 0) is 14.8 Å². The fourth-order valence-electron chi connectivity index (χ4n) is 2.90. The Morgan fingerprint density at radius 2 is 2.00 bits per heavy atom. The highest BCUT2D eigenvalue weighted by Gasteiger charge is 2.27. The molecule has 7 heteroatoms.